The van der Waals surface area contributed by atoms with Crippen LogP contribution in [0.4, 0.5) is 0 Å². The lowest BCUT2D eigenvalue weighted by Gasteiger charge is -2.27. The van der Waals surface area contributed by atoms with E-state index in [0.717, 1.165) is 26.2 Å². The molecule has 1 aromatic carbocycles. The quantitative estimate of drug-likeness (QED) is 0.818. The highest BCUT2D eigenvalue weighted by atomic mass is 15.2. The topological polar surface area (TPSA) is 15.3 Å². The third kappa shape index (κ3) is 2.83. The second-order valence-electron chi connectivity index (χ2n) is 4.78. The largest absolute Gasteiger partial charge is 0.315 e. The number of nitrogens with zero attached hydrogens (tertiary/aromatic N) is 1. The van der Waals surface area contributed by atoms with Gasteiger partial charge in [-0.25, -0.2) is 0 Å². The Hall–Kier alpha value is -0.860. The lowest BCUT2D eigenvalue weighted by atomic mass is 10.1. The van der Waals surface area contributed by atoms with Crippen molar-refractivity contribution in [2.45, 2.75) is 32.9 Å². The molecule has 1 N–H and O–H groups in total. The number of nitrogens with one attached hydrogen (secondary N) is 1. The molecule has 0 aliphatic carbocycles. The van der Waals surface area contributed by atoms with Crippen molar-refractivity contribution in [2.24, 2.45) is 0 Å². The van der Waals surface area contributed by atoms with Crippen molar-refractivity contribution in [1.29, 1.82) is 0 Å². The van der Waals surface area contributed by atoms with Gasteiger partial charge >= 0.3 is 0 Å². The molecule has 1 fully saturated rings. The highest BCUT2D eigenvalue weighted by Crippen LogP contribution is 2.14. The zero-order chi connectivity index (χ0) is 11.4. The van der Waals surface area contributed by atoms with E-state index in [-0.39, 0.29) is 0 Å². The van der Waals surface area contributed by atoms with E-state index >= 15 is 0 Å². The minimum absolute atomic E-state index is 0.689. The van der Waals surface area contributed by atoms with Crippen molar-refractivity contribution >= 4 is 0 Å². The summed E-state index contributed by atoms with van der Waals surface area (Å²) in [6.07, 6.45) is 1.26. The Morgan fingerprint density at radius 1 is 1.31 bits per heavy atom. The summed E-state index contributed by atoms with van der Waals surface area (Å²) in [5.41, 5.74) is 2.88. The minimum atomic E-state index is 0.689. The van der Waals surface area contributed by atoms with Crippen LogP contribution in [0.25, 0.3) is 0 Å². The molecule has 1 heterocycles. The number of aryl methyl sites for hydroxylation is 1. The molecule has 1 aliphatic rings. The lowest BCUT2D eigenvalue weighted by molar-refractivity contribution is 0.211. The Kier molecular flexibility index (Phi) is 3.97. The van der Waals surface area contributed by atoms with Crippen molar-refractivity contribution in [3.8, 4) is 0 Å². The lowest BCUT2D eigenvalue weighted by Crippen LogP contribution is -2.33. The zero-order valence-corrected chi connectivity index (χ0v) is 10.4. The average molecular weight is 218 g/mol. The van der Waals surface area contributed by atoms with Gasteiger partial charge < -0.3 is 5.32 Å². The molecular formula is C14H22N2. The minimum Gasteiger partial charge on any atom is -0.315 e. The van der Waals surface area contributed by atoms with E-state index in [2.05, 4.69) is 48.3 Å². The number of rotatable bonds is 2. The molecule has 1 unspecified atom stereocenters. The van der Waals surface area contributed by atoms with Crippen molar-refractivity contribution in [3.63, 3.8) is 0 Å². The van der Waals surface area contributed by atoms with Gasteiger partial charge in [-0.1, -0.05) is 24.3 Å². The molecule has 0 bridgehead atoms. The van der Waals surface area contributed by atoms with Crippen LogP contribution in [0.5, 0.6) is 0 Å². The van der Waals surface area contributed by atoms with Gasteiger partial charge in [0.2, 0.25) is 0 Å². The first kappa shape index (κ1) is 11.6. The van der Waals surface area contributed by atoms with Crippen LogP contribution in [0.3, 0.4) is 0 Å². The molecule has 1 atom stereocenters. The molecule has 2 rings (SSSR count). The van der Waals surface area contributed by atoms with Crippen LogP contribution in [-0.2, 0) is 6.54 Å². The fourth-order valence-electron chi connectivity index (χ4n) is 2.30. The fraction of sp³-hybridized carbons (Fsp3) is 0.571. The molecule has 16 heavy (non-hydrogen) atoms. The molecule has 1 aliphatic heterocycles. The van der Waals surface area contributed by atoms with Crippen molar-refractivity contribution < 1.29 is 0 Å². The Bertz CT molecular complexity index is 335. The molecule has 0 saturated carbocycles. The van der Waals surface area contributed by atoms with Gasteiger partial charge in [-0.05, 0) is 37.9 Å². The van der Waals surface area contributed by atoms with E-state index in [1.54, 1.807) is 0 Å². The summed E-state index contributed by atoms with van der Waals surface area (Å²) in [5.74, 6) is 0. The van der Waals surface area contributed by atoms with E-state index in [1.807, 2.05) is 0 Å². The van der Waals surface area contributed by atoms with Gasteiger partial charge in [0.25, 0.3) is 0 Å². The van der Waals surface area contributed by atoms with Gasteiger partial charge in [0.15, 0.2) is 0 Å². The SMILES string of the molecule is Cc1ccccc1CN1CCNCCC1C. The third-order valence-electron chi connectivity index (χ3n) is 3.57. The molecule has 1 saturated heterocycles. The Morgan fingerprint density at radius 2 is 2.12 bits per heavy atom. The maximum absolute atomic E-state index is 3.47. The number of hydrogen-bond acceptors (Lipinski definition) is 2. The summed E-state index contributed by atoms with van der Waals surface area (Å²) in [7, 11) is 0. The standard InChI is InChI=1S/C14H22N2/c1-12-5-3-4-6-14(12)11-16-10-9-15-8-7-13(16)2/h3-6,13,15H,7-11H2,1-2H3. The summed E-state index contributed by atoms with van der Waals surface area (Å²) in [6, 6.07) is 9.40. The molecule has 0 amide bonds. The Labute approximate surface area is 98.7 Å². The van der Waals surface area contributed by atoms with Gasteiger partial charge in [-0.15, -0.1) is 0 Å². The number of hydrogen-bond donors (Lipinski definition) is 1. The third-order valence-corrected chi connectivity index (χ3v) is 3.57. The highest BCUT2D eigenvalue weighted by molar-refractivity contribution is 5.25. The van der Waals surface area contributed by atoms with Crippen LogP contribution in [0.15, 0.2) is 24.3 Å². The van der Waals surface area contributed by atoms with Gasteiger partial charge in [-0.3, -0.25) is 4.90 Å². The van der Waals surface area contributed by atoms with E-state index < -0.39 is 0 Å². The molecule has 2 nitrogen and oxygen atoms in total. The van der Waals surface area contributed by atoms with Crippen LogP contribution in [0.2, 0.25) is 0 Å². The number of benzene rings is 1. The van der Waals surface area contributed by atoms with E-state index in [1.165, 1.54) is 17.5 Å². The summed E-state index contributed by atoms with van der Waals surface area (Å²) < 4.78 is 0. The molecular weight excluding hydrogens is 196 g/mol. The van der Waals surface area contributed by atoms with Gasteiger partial charge in [0.05, 0.1) is 0 Å². The summed E-state index contributed by atoms with van der Waals surface area (Å²) >= 11 is 0. The molecule has 1 aromatic rings. The predicted molar refractivity (Wildman–Crippen MR) is 68.5 cm³/mol. The smallest absolute Gasteiger partial charge is 0.0239 e. The van der Waals surface area contributed by atoms with E-state index in [0.29, 0.717) is 6.04 Å². The first-order valence-electron chi connectivity index (χ1n) is 6.26. The first-order valence-corrected chi connectivity index (χ1v) is 6.26. The molecule has 0 aromatic heterocycles. The maximum atomic E-state index is 3.47. The zero-order valence-electron chi connectivity index (χ0n) is 10.4. The Balaban J connectivity index is 2.05. The normalized spacial score (nSPS) is 23.0. The molecule has 88 valence electrons. The average Bonchev–Trinajstić information content (AvgIpc) is 2.48. The summed E-state index contributed by atoms with van der Waals surface area (Å²) in [5, 5.41) is 3.47. The second kappa shape index (κ2) is 5.46. The van der Waals surface area contributed by atoms with Crippen molar-refractivity contribution in [3.05, 3.63) is 35.4 Å². The molecule has 0 radical (unpaired) electrons. The second-order valence-corrected chi connectivity index (χ2v) is 4.78. The van der Waals surface area contributed by atoms with Crippen LogP contribution in [0, 0.1) is 6.92 Å². The van der Waals surface area contributed by atoms with Crippen LogP contribution in [-0.4, -0.2) is 30.6 Å². The molecule has 2 heteroatoms. The summed E-state index contributed by atoms with van der Waals surface area (Å²) in [6.45, 7) is 9.08. The van der Waals surface area contributed by atoms with Gasteiger partial charge in [0.1, 0.15) is 0 Å². The monoisotopic (exact) mass is 218 g/mol. The van der Waals surface area contributed by atoms with Crippen LogP contribution >= 0.6 is 0 Å². The first-order chi connectivity index (χ1) is 7.77. The van der Waals surface area contributed by atoms with Crippen LogP contribution < -0.4 is 5.32 Å². The Morgan fingerprint density at radius 3 is 2.94 bits per heavy atom. The van der Waals surface area contributed by atoms with E-state index in [9.17, 15) is 0 Å². The summed E-state index contributed by atoms with van der Waals surface area (Å²) in [4.78, 5) is 2.59. The molecule has 0 spiro atoms. The maximum Gasteiger partial charge on any atom is 0.0239 e. The highest BCUT2D eigenvalue weighted by Gasteiger charge is 2.16. The fourth-order valence-corrected chi connectivity index (χ4v) is 2.30. The van der Waals surface area contributed by atoms with Crippen molar-refractivity contribution in [1.82, 2.24) is 10.2 Å². The van der Waals surface area contributed by atoms with Crippen molar-refractivity contribution in [2.75, 3.05) is 19.6 Å². The van der Waals surface area contributed by atoms with Gasteiger partial charge in [-0.2, -0.15) is 0 Å². The predicted octanol–water partition coefficient (Wildman–Crippen LogP) is 2.18. The van der Waals surface area contributed by atoms with Crippen LogP contribution in [0.1, 0.15) is 24.5 Å². The van der Waals surface area contributed by atoms with E-state index in [4.69, 9.17) is 0 Å². The van der Waals surface area contributed by atoms with Gasteiger partial charge in [0, 0.05) is 25.7 Å².